The van der Waals surface area contributed by atoms with Crippen molar-refractivity contribution >= 4 is 23.4 Å². The van der Waals surface area contributed by atoms with Crippen LogP contribution in [-0.4, -0.2) is 39.7 Å². The van der Waals surface area contributed by atoms with Gasteiger partial charge in [-0.05, 0) is 17.7 Å². The second-order valence-electron chi connectivity index (χ2n) is 5.78. The lowest BCUT2D eigenvalue weighted by molar-refractivity contribution is -0.0461. The number of nitrogens with zero attached hydrogens (tertiary/aromatic N) is 3. The summed E-state index contributed by atoms with van der Waals surface area (Å²) in [5.74, 6) is -2.16. The largest absolute Gasteiger partial charge is 0.324 e. The first-order valence-electron chi connectivity index (χ1n) is 7.63. The van der Waals surface area contributed by atoms with Crippen LogP contribution >= 0.6 is 11.6 Å². The second kappa shape index (κ2) is 6.76. The molecule has 8 heteroatoms. The van der Waals surface area contributed by atoms with Gasteiger partial charge in [-0.3, -0.25) is 5.32 Å². The maximum Gasteiger partial charge on any atom is 0.323 e. The predicted octanol–water partition coefficient (Wildman–Crippen LogP) is 3.85. The van der Waals surface area contributed by atoms with Crippen molar-refractivity contribution in [3.8, 4) is 0 Å². The van der Waals surface area contributed by atoms with E-state index in [4.69, 9.17) is 11.6 Å². The number of anilines is 1. The Morgan fingerprint density at radius 1 is 1.29 bits per heavy atom. The predicted molar refractivity (Wildman–Crippen MR) is 87.6 cm³/mol. The highest BCUT2D eigenvalue weighted by atomic mass is 35.5. The quantitative estimate of drug-likeness (QED) is 0.910. The lowest BCUT2D eigenvalue weighted by Crippen LogP contribution is -2.44. The molecular formula is C16H17ClF2N4O. The summed E-state index contributed by atoms with van der Waals surface area (Å²) in [6.45, 7) is 0.532. The van der Waals surface area contributed by atoms with Crippen LogP contribution < -0.4 is 5.32 Å². The zero-order chi connectivity index (χ0) is 17.2. The van der Waals surface area contributed by atoms with E-state index in [1.807, 2.05) is 18.2 Å². The van der Waals surface area contributed by atoms with Crippen LogP contribution in [0.15, 0.2) is 36.5 Å². The molecule has 128 valence electrons. The lowest BCUT2D eigenvalue weighted by atomic mass is 10.1. The molecule has 0 aliphatic carbocycles. The van der Waals surface area contributed by atoms with Gasteiger partial charge in [-0.15, -0.1) is 0 Å². The summed E-state index contributed by atoms with van der Waals surface area (Å²) < 4.78 is 28.0. The summed E-state index contributed by atoms with van der Waals surface area (Å²) in [5.41, 5.74) is 0.944. The number of hydrogen-bond donors (Lipinski definition) is 1. The minimum atomic E-state index is -2.68. The molecule has 1 aromatic heterocycles. The molecule has 0 saturated carbocycles. The summed E-state index contributed by atoms with van der Waals surface area (Å²) in [6.07, 6.45) is 0.967. The molecule has 1 saturated heterocycles. The highest BCUT2D eigenvalue weighted by Crippen LogP contribution is 2.28. The number of likely N-dealkylation sites (tertiary alicyclic amines) is 1. The van der Waals surface area contributed by atoms with E-state index in [9.17, 15) is 13.6 Å². The van der Waals surface area contributed by atoms with E-state index in [1.54, 1.807) is 23.0 Å². The number of benzene rings is 1. The molecule has 0 unspecified atom stereocenters. The van der Waals surface area contributed by atoms with Gasteiger partial charge in [0.25, 0.3) is 5.92 Å². The first-order chi connectivity index (χ1) is 11.4. The third-order valence-corrected chi connectivity index (χ3v) is 4.19. The van der Waals surface area contributed by atoms with Gasteiger partial charge >= 0.3 is 6.03 Å². The molecule has 1 aromatic carbocycles. The van der Waals surface area contributed by atoms with E-state index < -0.39 is 12.0 Å². The standard InChI is InChI=1S/C16H17ClF2N4O/c17-13-3-1-2-12(10-13)11-23-14(4-7-20-23)21-15(24)22-8-5-16(18,19)6-9-22/h1-4,7,10H,5-6,8-9,11H2,(H,21,24). The SMILES string of the molecule is O=C(Nc1ccnn1Cc1cccc(Cl)c1)N1CCC(F)(F)CC1. The van der Waals surface area contributed by atoms with Crippen molar-refractivity contribution in [2.75, 3.05) is 18.4 Å². The number of halogens is 3. The van der Waals surface area contributed by atoms with E-state index in [0.717, 1.165) is 5.56 Å². The molecule has 2 amide bonds. The number of rotatable bonds is 3. The number of aromatic nitrogens is 2. The Morgan fingerprint density at radius 2 is 2.04 bits per heavy atom. The van der Waals surface area contributed by atoms with Gasteiger partial charge in [-0.25, -0.2) is 18.3 Å². The highest BCUT2D eigenvalue weighted by Gasteiger charge is 2.35. The number of hydrogen-bond acceptors (Lipinski definition) is 2. The molecule has 0 bridgehead atoms. The van der Waals surface area contributed by atoms with Crippen molar-refractivity contribution in [3.05, 3.63) is 47.1 Å². The van der Waals surface area contributed by atoms with Crippen molar-refractivity contribution in [1.82, 2.24) is 14.7 Å². The van der Waals surface area contributed by atoms with Gasteiger partial charge in [0.2, 0.25) is 0 Å². The molecule has 3 rings (SSSR count). The smallest absolute Gasteiger partial charge is 0.323 e. The number of alkyl halides is 2. The first kappa shape index (κ1) is 16.7. The zero-order valence-corrected chi connectivity index (χ0v) is 13.6. The number of nitrogens with one attached hydrogen (secondary N) is 1. The fourth-order valence-electron chi connectivity index (χ4n) is 2.60. The van der Waals surface area contributed by atoms with Crippen molar-refractivity contribution in [2.24, 2.45) is 0 Å². The Labute approximate surface area is 143 Å². The topological polar surface area (TPSA) is 50.2 Å². The lowest BCUT2D eigenvalue weighted by Gasteiger charge is -2.31. The number of urea groups is 1. The summed E-state index contributed by atoms with van der Waals surface area (Å²) in [6, 6.07) is 8.63. The third kappa shape index (κ3) is 4.03. The summed E-state index contributed by atoms with van der Waals surface area (Å²) in [5, 5.41) is 7.54. The van der Waals surface area contributed by atoms with Gasteiger partial charge < -0.3 is 4.90 Å². The van der Waals surface area contributed by atoms with Crippen LogP contribution in [0.2, 0.25) is 5.02 Å². The average Bonchev–Trinajstić information content (AvgIpc) is 2.94. The van der Waals surface area contributed by atoms with E-state index >= 15 is 0 Å². The molecule has 0 spiro atoms. The van der Waals surface area contributed by atoms with E-state index in [0.29, 0.717) is 17.4 Å². The van der Waals surface area contributed by atoms with Crippen molar-refractivity contribution in [2.45, 2.75) is 25.3 Å². The molecule has 5 nitrogen and oxygen atoms in total. The Morgan fingerprint density at radius 3 is 2.75 bits per heavy atom. The average molecular weight is 355 g/mol. The van der Waals surface area contributed by atoms with E-state index in [-0.39, 0.29) is 25.9 Å². The van der Waals surface area contributed by atoms with Crippen LogP contribution in [-0.2, 0) is 6.54 Å². The van der Waals surface area contributed by atoms with Crippen LogP contribution in [0.5, 0.6) is 0 Å². The van der Waals surface area contributed by atoms with E-state index in [2.05, 4.69) is 10.4 Å². The van der Waals surface area contributed by atoms with Crippen molar-refractivity contribution in [3.63, 3.8) is 0 Å². The molecule has 1 N–H and O–H groups in total. The Balaban J connectivity index is 1.64. The third-order valence-electron chi connectivity index (χ3n) is 3.96. The van der Waals surface area contributed by atoms with Crippen LogP contribution in [0.1, 0.15) is 18.4 Å². The molecule has 0 atom stereocenters. The van der Waals surface area contributed by atoms with Crippen molar-refractivity contribution < 1.29 is 13.6 Å². The summed E-state index contributed by atoms with van der Waals surface area (Å²) >= 11 is 5.97. The van der Waals surface area contributed by atoms with Gasteiger partial charge in [0.05, 0.1) is 12.7 Å². The molecule has 0 radical (unpaired) electrons. The molecular weight excluding hydrogens is 338 g/mol. The minimum Gasteiger partial charge on any atom is -0.324 e. The molecule has 2 aromatic rings. The first-order valence-corrected chi connectivity index (χ1v) is 8.01. The van der Waals surface area contributed by atoms with Crippen LogP contribution in [0.25, 0.3) is 0 Å². The maximum absolute atomic E-state index is 13.2. The number of amides is 2. The van der Waals surface area contributed by atoms with Gasteiger partial charge in [0.15, 0.2) is 0 Å². The van der Waals surface area contributed by atoms with Gasteiger partial charge in [-0.2, -0.15) is 5.10 Å². The van der Waals surface area contributed by atoms with Crippen LogP contribution in [0, 0.1) is 0 Å². The Hall–Kier alpha value is -2.15. The maximum atomic E-state index is 13.2. The summed E-state index contributed by atoms with van der Waals surface area (Å²) in [4.78, 5) is 13.6. The van der Waals surface area contributed by atoms with Gasteiger partial charge in [-0.1, -0.05) is 23.7 Å². The molecule has 2 heterocycles. The van der Waals surface area contributed by atoms with Crippen molar-refractivity contribution in [1.29, 1.82) is 0 Å². The van der Waals surface area contributed by atoms with Gasteiger partial charge in [0.1, 0.15) is 5.82 Å². The number of piperidine rings is 1. The molecule has 24 heavy (non-hydrogen) atoms. The molecule has 1 aliphatic rings. The normalized spacial score (nSPS) is 16.9. The van der Waals surface area contributed by atoms with Crippen LogP contribution in [0.4, 0.5) is 19.4 Å². The van der Waals surface area contributed by atoms with E-state index in [1.165, 1.54) is 4.90 Å². The fraction of sp³-hybridized carbons (Fsp3) is 0.375. The summed E-state index contributed by atoms with van der Waals surface area (Å²) in [7, 11) is 0. The molecule has 1 fully saturated rings. The van der Waals surface area contributed by atoms with Gasteiger partial charge in [0, 0.05) is 37.0 Å². The minimum absolute atomic E-state index is 0.0429. The zero-order valence-electron chi connectivity index (χ0n) is 12.9. The Kier molecular flexibility index (Phi) is 4.71. The Bertz CT molecular complexity index is 724. The fourth-order valence-corrected chi connectivity index (χ4v) is 2.81. The second-order valence-corrected chi connectivity index (χ2v) is 6.21. The van der Waals surface area contributed by atoms with Crippen LogP contribution in [0.3, 0.4) is 0 Å². The highest BCUT2D eigenvalue weighted by molar-refractivity contribution is 6.30. The number of carbonyl (C=O) groups is 1. The molecule has 1 aliphatic heterocycles. The number of carbonyl (C=O) groups excluding carboxylic acids is 1. The monoisotopic (exact) mass is 354 g/mol.